The first-order chi connectivity index (χ1) is 15.5. The molecule has 166 valence electrons. The van der Waals surface area contributed by atoms with Gasteiger partial charge >= 0.3 is 5.97 Å². The quantitative estimate of drug-likeness (QED) is 0.363. The summed E-state index contributed by atoms with van der Waals surface area (Å²) in [6, 6.07) is 12.9. The average Bonchev–Trinajstić information content (AvgIpc) is 3.25. The Morgan fingerprint density at radius 3 is 2.72 bits per heavy atom. The molecule has 0 spiro atoms. The number of esters is 1. The van der Waals surface area contributed by atoms with Gasteiger partial charge in [0.25, 0.3) is 5.91 Å². The topological polar surface area (TPSA) is 68.7 Å². The van der Waals surface area contributed by atoms with Crippen LogP contribution in [0.4, 0.5) is 5.69 Å². The molecule has 1 amide bonds. The maximum atomic E-state index is 12.7. The summed E-state index contributed by atoms with van der Waals surface area (Å²) in [5.74, 6) is 0.825. The van der Waals surface area contributed by atoms with Gasteiger partial charge in [0.1, 0.15) is 5.75 Å². The van der Waals surface area contributed by atoms with Crippen molar-refractivity contribution in [3.8, 4) is 5.75 Å². The van der Waals surface area contributed by atoms with E-state index >= 15 is 0 Å². The van der Waals surface area contributed by atoms with E-state index in [9.17, 15) is 9.59 Å². The number of thioether (sulfide) groups is 1. The molecular formula is C24H24N2O4S2. The Hall–Kier alpha value is -2.84. The number of amides is 1. The Kier molecular flexibility index (Phi) is 7.12. The van der Waals surface area contributed by atoms with Crippen LogP contribution in [0.5, 0.6) is 5.75 Å². The van der Waals surface area contributed by atoms with E-state index < -0.39 is 5.97 Å². The van der Waals surface area contributed by atoms with Gasteiger partial charge in [-0.2, -0.15) is 0 Å². The van der Waals surface area contributed by atoms with Gasteiger partial charge in [0.2, 0.25) is 0 Å². The molecule has 4 rings (SSSR count). The highest BCUT2D eigenvalue weighted by Crippen LogP contribution is 2.30. The third-order valence-corrected chi connectivity index (χ3v) is 7.04. The number of aromatic nitrogens is 1. The van der Waals surface area contributed by atoms with Crippen LogP contribution in [0, 0.1) is 6.92 Å². The zero-order valence-corrected chi connectivity index (χ0v) is 19.6. The molecule has 0 N–H and O–H groups in total. The molecule has 8 heteroatoms. The molecule has 0 bridgehead atoms. The molecule has 1 aliphatic rings. The minimum Gasteiger partial charge on any atom is -0.497 e. The normalized spacial score (nSPS) is 12.9. The smallest absolute Gasteiger partial charge is 0.338 e. The monoisotopic (exact) mass is 468 g/mol. The van der Waals surface area contributed by atoms with Crippen molar-refractivity contribution in [1.82, 2.24) is 4.98 Å². The maximum Gasteiger partial charge on any atom is 0.338 e. The highest BCUT2D eigenvalue weighted by Gasteiger charge is 2.24. The van der Waals surface area contributed by atoms with Crippen molar-refractivity contribution in [2.24, 2.45) is 0 Å². The lowest BCUT2D eigenvalue weighted by atomic mass is 10.0. The van der Waals surface area contributed by atoms with E-state index in [1.54, 1.807) is 47.2 Å². The first-order valence-corrected chi connectivity index (χ1v) is 12.2. The Morgan fingerprint density at radius 1 is 1.19 bits per heavy atom. The van der Waals surface area contributed by atoms with Crippen LogP contribution in [0.25, 0.3) is 0 Å². The number of rotatable bonds is 7. The van der Waals surface area contributed by atoms with Crippen LogP contribution in [-0.2, 0) is 21.7 Å². The molecule has 0 saturated carbocycles. The van der Waals surface area contributed by atoms with E-state index in [0.29, 0.717) is 12.1 Å². The Morgan fingerprint density at radius 2 is 2.00 bits per heavy atom. The average molecular weight is 469 g/mol. The number of anilines is 1. The number of hydrogen-bond donors (Lipinski definition) is 0. The number of benzene rings is 2. The summed E-state index contributed by atoms with van der Waals surface area (Å²) in [5, 5.41) is 3.11. The third-order valence-electron chi connectivity index (χ3n) is 5.18. The molecule has 32 heavy (non-hydrogen) atoms. The molecule has 0 atom stereocenters. The molecule has 2 aromatic carbocycles. The van der Waals surface area contributed by atoms with E-state index in [-0.39, 0.29) is 12.5 Å². The summed E-state index contributed by atoms with van der Waals surface area (Å²) in [6.45, 7) is 2.31. The zero-order chi connectivity index (χ0) is 22.5. The molecular weight excluding hydrogens is 444 g/mol. The van der Waals surface area contributed by atoms with Gasteiger partial charge in [0.05, 0.1) is 23.4 Å². The van der Waals surface area contributed by atoms with Gasteiger partial charge in [0, 0.05) is 28.3 Å². The van der Waals surface area contributed by atoms with Crippen molar-refractivity contribution in [2.45, 2.75) is 30.4 Å². The number of carbonyl (C=O) groups is 2. The fourth-order valence-corrected chi connectivity index (χ4v) is 5.08. The maximum absolute atomic E-state index is 12.7. The molecule has 0 saturated heterocycles. The second-order valence-corrected chi connectivity index (χ2v) is 9.50. The second-order valence-electron chi connectivity index (χ2n) is 7.39. The Balaban J connectivity index is 1.31. The third kappa shape index (κ3) is 5.31. The fourth-order valence-electron chi connectivity index (χ4n) is 3.57. The highest BCUT2D eigenvalue weighted by molar-refractivity contribution is 7.98. The highest BCUT2D eigenvalue weighted by atomic mass is 32.2. The Bertz CT molecular complexity index is 1110. The number of thiazole rings is 1. The van der Waals surface area contributed by atoms with E-state index in [1.165, 1.54) is 0 Å². The van der Waals surface area contributed by atoms with E-state index in [0.717, 1.165) is 51.2 Å². The molecule has 0 fully saturated rings. The number of hydrogen-bond acceptors (Lipinski definition) is 7. The molecule has 0 unspecified atom stereocenters. The summed E-state index contributed by atoms with van der Waals surface area (Å²) in [7, 11) is 1.62. The molecule has 3 aromatic rings. The van der Waals surface area contributed by atoms with Crippen LogP contribution in [0.2, 0.25) is 0 Å². The van der Waals surface area contributed by atoms with Crippen LogP contribution in [0.3, 0.4) is 0 Å². The molecule has 0 radical (unpaired) electrons. The van der Waals surface area contributed by atoms with Gasteiger partial charge in [-0.15, -0.1) is 23.1 Å². The fraction of sp³-hybridized carbons (Fsp3) is 0.292. The minimum atomic E-state index is -0.503. The van der Waals surface area contributed by atoms with Crippen molar-refractivity contribution in [1.29, 1.82) is 0 Å². The van der Waals surface area contributed by atoms with Crippen LogP contribution < -0.4 is 9.64 Å². The van der Waals surface area contributed by atoms with Crippen LogP contribution in [0.15, 0.2) is 52.7 Å². The lowest BCUT2D eigenvalue weighted by Gasteiger charge is -2.29. The van der Waals surface area contributed by atoms with Gasteiger partial charge in [-0.05, 0) is 67.8 Å². The Labute approximate surface area is 195 Å². The molecule has 0 aliphatic carbocycles. The van der Waals surface area contributed by atoms with E-state index in [2.05, 4.69) is 10.4 Å². The SMILES string of the molecule is COc1ccc2c(c1)CCCN2C(=O)COC(=O)c1ccc(SCc2csc(C)n2)cc1. The van der Waals surface area contributed by atoms with Crippen LogP contribution >= 0.6 is 23.1 Å². The van der Waals surface area contributed by atoms with E-state index in [4.69, 9.17) is 9.47 Å². The van der Waals surface area contributed by atoms with E-state index in [1.807, 2.05) is 37.3 Å². The van der Waals surface area contributed by atoms with Gasteiger partial charge < -0.3 is 14.4 Å². The van der Waals surface area contributed by atoms with Crippen LogP contribution in [-0.4, -0.2) is 37.1 Å². The standard InChI is InChI=1S/C24H24N2O4S2/c1-16-25-19(14-31-16)15-32-21-8-5-17(6-9-21)24(28)30-13-23(27)26-11-3-4-18-12-20(29-2)7-10-22(18)26/h5-10,12,14H,3-4,11,13,15H2,1-2H3. The largest absolute Gasteiger partial charge is 0.497 e. The molecule has 6 nitrogen and oxygen atoms in total. The summed E-state index contributed by atoms with van der Waals surface area (Å²) in [4.78, 5) is 32.4. The van der Waals surface area contributed by atoms with Crippen molar-refractivity contribution in [2.75, 3.05) is 25.2 Å². The summed E-state index contributed by atoms with van der Waals surface area (Å²) in [5.41, 5.74) is 3.40. The summed E-state index contributed by atoms with van der Waals surface area (Å²) in [6.07, 6.45) is 1.75. The predicted octanol–water partition coefficient (Wildman–Crippen LogP) is 4.89. The second kappa shape index (κ2) is 10.2. The number of carbonyl (C=O) groups excluding carboxylic acids is 2. The lowest BCUT2D eigenvalue weighted by molar-refractivity contribution is -0.121. The number of ether oxygens (including phenoxy) is 2. The van der Waals surface area contributed by atoms with Gasteiger partial charge in [-0.3, -0.25) is 4.79 Å². The number of fused-ring (bicyclic) bond motifs is 1. The number of aryl methyl sites for hydroxylation is 2. The molecule has 1 aromatic heterocycles. The summed E-state index contributed by atoms with van der Waals surface area (Å²) < 4.78 is 10.6. The number of methoxy groups -OCH3 is 1. The van der Waals surface area contributed by atoms with Gasteiger partial charge in [-0.1, -0.05) is 0 Å². The molecule has 2 heterocycles. The van der Waals surface area contributed by atoms with Gasteiger partial charge in [0.15, 0.2) is 6.61 Å². The first kappa shape index (κ1) is 22.4. The van der Waals surface area contributed by atoms with Crippen molar-refractivity contribution >= 4 is 40.7 Å². The number of nitrogens with zero attached hydrogens (tertiary/aromatic N) is 2. The van der Waals surface area contributed by atoms with Gasteiger partial charge in [-0.25, -0.2) is 9.78 Å². The van der Waals surface area contributed by atoms with Crippen molar-refractivity contribution in [3.63, 3.8) is 0 Å². The predicted molar refractivity (Wildman–Crippen MR) is 127 cm³/mol. The summed E-state index contributed by atoms with van der Waals surface area (Å²) >= 11 is 3.30. The minimum absolute atomic E-state index is 0.227. The van der Waals surface area contributed by atoms with Crippen LogP contribution in [0.1, 0.15) is 33.0 Å². The van der Waals surface area contributed by atoms with Crippen molar-refractivity contribution < 1.29 is 19.1 Å². The van der Waals surface area contributed by atoms with Crippen molar-refractivity contribution in [3.05, 3.63) is 69.7 Å². The first-order valence-electron chi connectivity index (χ1n) is 10.3. The lowest BCUT2D eigenvalue weighted by Crippen LogP contribution is -2.38. The zero-order valence-electron chi connectivity index (χ0n) is 18.0. The molecule has 1 aliphatic heterocycles.